The van der Waals surface area contributed by atoms with Crippen LogP contribution in [0.3, 0.4) is 0 Å². The van der Waals surface area contributed by atoms with Gasteiger partial charge in [-0.15, -0.1) is 0 Å². The van der Waals surface area contributed by atoms with Crippen molar-refractivity contribution >= 4 is 33.3 Å². The molecule has 3 aromatic carbocycles. The maximum Gasteiger partial charge on any atom is 0.338 e. The zero-order valence-corrected chi connectivity index (χ0v) is 20.5. The van der Waals surface area contributed by atoms with Crippen LogP contribution < -0.4 is 19.1 Å². The van der Waals surface area contributed by atoms with Crippen LogP contribution in [0, 0.1) is 0 Å². The van der Waals surface area contributed by atoms with Crippen molar-refractivity contribution in [2.45, 2.75) is 17.9 Å². The SMILES string of the molecule is COc1ccc(OC)c(NC(=O)C(C)OC(=O)c2ccc(S(=O)(=O)N(C)c3ccccc3)cc2)c1. The van der Waals surface area contributed by atoms with Gasteiger partial charge in [0.1, 0.15) is 11.5 Å². The molecule has 35 heavy (non-hydrogen) atoms. The Kier molecular flexibility index (Phi) is 7.98. The van der Waals surface area contributed by atoms with Gasteiger partial charge in [-0.3, -0.25) is 9.10 Å². The van der Waals surface area contributed by atoms with Crippen LogP contribution in [0.5, 0.6) is 11.5 Å². The molecule has 0 saturated heterocycles. The van der Waals surface area contributed by atoms with E-state index in [1.54, 1.807) is 48.5 Å². The van der Waals surface area contributed by atoms with E-state index in [1.807, 2.05) is 0 Å². The van der Waals surface area contributed by atoms with E-state index in [-0.39, 0.29) is 10.5 Å². The minimum atomic E-state index is -3.82. The molecule has 3 aromatic rings. The molecule has 1 N–H and O–H groups in total. The molecule has 1 unspecified atom stereocenters. The molecule has 9 nitrogen and oxygen atoms in total. The zero-order valence-electron chi connectivity index (χ0n) is 19.7. The standard InChI is InChI=1S/C25H26N2O7S/c1-17(24(28)26-22-16-20(32-3)12-15-23(22)33-4)34-25(29)18-10-13-21(14-11-18)35(30,31)27(2)19-8-6-5-7-9-19/h5-17H,1-4H3,(H,26,28). The second-order valence-electron chi connectivity index (χ2n) is 7.44. The number of amides is 1. The first-order chi connectivity index (χ1) is 16.7. The monoisotopic (exact) mass is 498 g/mol. The lowest BCUT2D eigenvalue weighted by atomic mass is 10.2. The number of methoxy groups -OCH3 is 2. The number of nitrogens with one attached hydrogen (secondary N) is 1. The van der Waals surface area contributed by atoms with Crippen LogP contribution in [0.15, 0.2) is 77.7 Å². The summed E-state index contributed by atoms with van der Waals surface area (Å²) >= 11 is 0. The van der Waals surface area contributed by atoms with E-state index in [9.17, 15) is 18.0 Å². The van der Waals surface area contributed by atoms with Gasteiger partial charge in [-0.1, -0.05) is 18.2 Å². The largest absolute Gasteiger partial charge is 0.497 e. The number of rotatable bonds is 9. The fourth-order valence-electron chi connectivity index (χ4n) is 3.13. The first kappa shape index (κ1) is 25.6. The van der Waals surface area contributed by atoms with Crippen molar-refractivity contribution in [2.75, 3.05) is 30.9 Å². The Labute approximate surface area is 204 Å². The van der Waals surface area contributed by atoms with Crippen LogP contribution in [-0.4, -0.2) is 47.7 Å². The van der Waals surface area contributed by atoms with E-state index in [4.69, 9.17) is 14.2 Å². The van der Waals surface area contributed by atoms with Gasteiger partial charge < -0.3 is 19.5 Å². The normalized spacial score (nSPS) is 11.8. The van der Waals surface area contributed by atoms with E-state index in [0.717, 1.165) is 4.31 Å². The lowest BCUT2D eigenvalue weighted by Crippen LogP contribution is -2.30. The van der Waals surface area contributed by atoms with Crippen molar-refractivity contribution in [2.24, 2.45) is 0 Å². The van der Waals surface area contributed by atoms with Gasteiger partial charge in [0.15, 0.2) is 6.10 Å². The fourth-order valence-corrected chi connectivity index (χ4v) is 4.32. The highest BCUT2D eigenvalue weighted by atomic mass is 32.2. The highest BCUT2D eigenvalue weighted by Crippen LogP contribution is 2.29. The molecule has 10 heteroatoms. The molecule has 0 radical (unpaired) electrons. The second-order valence-corrected chi connectivity index (χ2v) is 9.40. The van der Waals surface area contributed by atoms with Crippen molar-refractivity contribution < 1.29 is 32.2 Å². The van der Waals surface area contributed by atoms with E-state index < -0.39 is 28.0 Å². The highest BCUT2D eigenvalue weighted by Gasteiger charge is 2.23. The molecular formula is C25H26N2O7S. The third-order valence-electron chi connectivity index (χ3n) is 5.19. The molecule has 1 amide bonds. The second kappa shape index (κ2) is 10.9. The molecule has 0 heterocycles. The van der Waals surface area contributed by atoms with Crippen LogP contribution in [0.25, 0.3) is 0 Å². The molecular weight excluding hydrogens is 472 g/mol. The summed E-state index contributed by atoms with van der Waals surface area (Å²) in [6.07, 6.45) is -1.13. The Morgan fingerprint density at radius 3 is 2.17 bits per heavy atom. The number of carbonyl (C=O) groups is 2. The summed E-state index contributed by atoms with van der Waals surface area (Å²) in [6.45, 7) is 1.42. The number of para-hydroxylation sites is 1. The quantitative estimate of drug-likeness (QED) is 0.448. The van der Waals surface area contributed by atoms with Crippen LogP contribution in [-0.2, 0) is 19.6 Å². The number of ether oxygens (including phenoxy) is 3. The number of esters is 1. The Morgan fingerprint density at radius 2 is 1.57 bits per heavy atom. The summed E-state index contributed by atoms with van der Waals surface area (Å²) in [5.41, 5.74) is 0.963. The molecule has 1 atom stereocenters. The third kappa shape index (κ3) is 5.90. The van der Waals surface area contributed by atoms with Gasteiger partial charge in [0, 0.05) is 13.1 Å². The van der Waals surface area contributed by atoms with Gasteiger partial charge in [-0.2, -0.15) is 0 Å². The van der Waals surface area contributed by atoms with E-state index in [0.29, 0.717) is 22.9 Å². The molecule has 0 spiro atoms. The number of hydrogen-bond donors (Lipinski definition) is 1. The van der Waals surface area contributed by atoms with Gasteiger partial charge in [0.05, 0.1) is 36.1 Å². The van der Waals surface area contributed by atoms with E-state index in [1.165, 1.54) is 52.5 Å². The minimum absolute atomic E-state index is 0.0105. The number of benzene rings is 3. The lowest BCUT2D eigenvalue weighted by Gasteiger charge is -2.19. The van der Waals surface area contributed by atoms with Gasteiger partial charge in [-0.05, 0) is 55.5 Å². The number of carbonyl (C=O) groups excluding carboxylic acids is 2. The highest BCUT2D eigenvalue weighted by molar-refractivity contribution is 7.92. The summed E-state index contributed by atoms with van der Waals surface area (Å²) in [4.78, 5) is 25.1. The van der Waals surface area contributed by atoms with Crippen molar-refractivity contribution in [1.82, 2.24) is 0 Å². The smallest absolute Gasteiger partial charge is 0.338 e. The van der Waals surface area contributed by atoms with Gasteiger partial charge in [0.2, 0.25) is 0 Å². The Bertz CT molecular complexity index is 1290. The lowest BCUT2D eigenvalue weighted by molar-refractivity contribution is -0.123. The Hall–Kier alpha value is -4.05. The summed E-state index contributed by atoms with van der Waals surface area (Å²) in [7, 11) is 0.581. The molecule has 184 valence electrons. The maximum atomic E-state index is 12.9. The fraction of sp³-hybridized carbons (Fsp3) is 0.200. The Balaban J connectivity index is 1.68. The number of nitrogens with zero attached hydrogens (tertiary/aromatic N) is 1. The molecule has 0 saturated carbocycles. The van der Waals surface area contributed by atoms with Crippen molar-refractivity contribution in [1.29, 1.82) is 0 Å². The number of anilines is 2. The number of hydrogen-bond acceptors (Lipinski definition) is 7. The Morgan fingerprint density at radius 1 is 0.914 bits per heavy atom. The molecule has 0 aromatic heterocycles. The summed E-state index contributed by atoms with van der Waals surface area (Å²) in [6, 6.07) is 18.8. The third-order valence-corrected chi connectivity index (χ3v) is 6.99. The molecule has 0 bridgehead atoms. The molecule has 0 aliphatic heterocycles. The molecule has 0 fully saturated rings. The van der Waals surface area contributed by atoms with Crippen LogP contribution in [0.2, 0.25) is 0 Å². The van der Waals surface area contributed by atoms with Gasteiger partial charge >= 0.3 is 5.97 Å². The van der Waals surface area contributed by atoms with Crippen molar-refractivity contribution in [3.8, 4) is 11.5 Å². The first-order valence-electron chi connectivity index (χ1n) is 10.5. The minimum Gasteiger partial charge on any atom is -0.497 e. The van der Waals surface area contributed by atoms with Crippen LogP contribution in [0.1, 0.15) is 17.3 Å². The molecule has 3 rings (SSSR count). The average Bonchev–Trinajstić information content (AvgIpc) is 2.88. The molecule has 0 aliphatic carbocycles. The van der Waals surface area contributed by atoms with Gasteiger partial charge in [-0.25, -0.2) is 13.2 Å². The number of sulfonamides is 1. The predicted octanol–water partition coefficient (Wildman–Crippen LogP) is 3.71. The van der Waals surface area contributed by atoms with E-state index in [2.05, 4.69) is 5.32 Å². The summed E-state index contributed by atoms with van der Waals surface area (Å²) in [5.74, 6) is -0.423. The van der Waals surface area contributed by atoms with Crippen LogP contribution in [0.4, 0.5) is 11.4 Å². The van der Waals surface area contributed by atoms with Crippen LogP contribution >= 0.6 is 0 Å². The topological polar surface area (TPSA) is 111 Å². The molecule has 0 aliphatic rings. The van der Waals surface area contributed by atoms with E-state index >= 15 is 0 Å². The van der Waals surface area contributed by atoms with Gasteiger partial charge in [0.25, 0.3) is 15.9 Å². The van der Waals surface area contributed by atoms with Crippen molar-refractivity contribution in [3.63, 3.8) is 0 Å². The summed E-state index contributed by atoms with van der Waals surface area (Å²) < 4.78 is 42.6. The summed E-state index contributed by atoms with van der Waals surface area (Å²) in [5, 5.41) is 2.64. The zero-order chi connectivity index (χ0) is 25.6. The van der Waals surface area contributed by atoms with Crippen molar-refractivity contribution in [3.05, 3.63) is 78.4 Å². The first-order valence-corrected chi connectivity index (χ1v) is 12.0. The maximum absolute atomic E-state index is 12.9. The average molecular weight is 499 g/mol. The predicted molar refractivity (Wildman–Crippen MR) is 132 cm³/mol.